The van der Waals surface area contributed by atoms with Crippen LogP contribution in [0.3, 0.4) is 0 Å². The SMILES string of the molecule is CCCCCCC/C=C\CCCCCCCC(=O)OCC(COC(=O)CCCCCCCCCCCCCCCCCCCCCCCCCCCCCCCCCCCCC)OC(=O)CCCCCCC/C=C\CCCCCCCCC. The first-order valence-electron chi connectivity index (χ1n) is 37.8. The Morgan fingerprint density at radius 3 is 0.602 bits per heavy atom. The smallest absolute Gasteiger partial charge is 0.306 e. The summed E-state index contributed by atoms with van der Waals surface area (Å²) in [5, 5.41) is 0. The summed E-state index contributed by atoms with van der Waals surface area (Å²) in [6, 6.07) is 0. The second-order valence-corrected chi connectivity index (χ2v) is 25.9. The van der Waals surface area contributed by atoms with Crippen molar-refractivity contribution in [2.24, 2.45) is 0 Å². The normalized spacial score (nSPS) is 12.1. The largest absolute Gasteiger partial charge is 0.462 e. The summed E-state index contributed by atoms with van der Waals surface area (Å²) < 4.78 is 17.0. The molecule has 6 nitrogen and oxygen atoms in total. The molecule has 0 rings (SSSR count). The van der Waals surface area contributed by atoms with Crippen molar-refractivity contribution in [2.75, 3.05) is 13.2 Å². The second-order valence-electron chi connectivity index (χ2n) is 25.9. The Morgan fingerprint density at radius 2 is 0.398 bits per heavy atom. The van der Waals surface area contributed by atoms with Crippen molar-refractivity contribution in [1.29, 1.82) is 0 Å². The number of carbonyl (C=O) groups excluding carboxylic acids is 3. The summed E-state index contributed by atoms with van der Waals surface area (Å²) in [4.78, 5) is 38.4. The van der Waals surface area contributed by atoms with Crippen molar-refractivity contribution in [1.82, 2.24) is 0 Å². The van der Waals surface area contributed by atoms with E-state index in [4.69, 9.17) is 14.2 Å². The van der Waals surface area contributed by atoms with Gasteiger partial charge in [0.25, 0.3) is 0 Å². The van der Waals surface area contributed by atoms with Crippen LogP contribution in [0, 0.1) is 0 Å². The highest BCUT2D eigenvalue weighted by Gasteiger charge is 2.20. The summed E-state index contributed by atoms with van der Waals surface area (Å²) in [6.45, 7) is 6.69. The van der Waals surface area contributed by atoms with Gasteiger partial charge in [-0.25, -0.2) is 0 Å². The summed E-state index contributed by atoms with van der Waals surface area (Å²) in [7, 11) is 0. The quantitative estimate of drug-likeness (QED) is 0.0261. The summed E-state index contributed by atoms with van der Waals surface area (Å²) in [5.41, 5.74) is 0. The Balaban J connectivity index is 4.06. The molecule has 0 saturated carbocycles. The number of allylic oxidation sites excluding steroid dienone is 4. The highest BCUT2D eigenvalue weighted by Crippen LogP contribution is 2.19. The molecule has 0 bridgehead atoms. The minimum absolute atomic E-state index is 0.0721. The summed E-state index contributed by atoms with van der Waals surface area (Å²) in [5.74, 6) is -0.860. The summed E-state index contributed by atoms with van der Waals surface area (Å²) in [6.07, 6.45) is 89.6. The fourth-order valence-corrected chi connectivity index (χ4v) is 11.7. The minimum atomic E-state index is -0.777. The van der Waals surface area contributed by atoms with E-state index in [1.165, 1.54) is 321 Å². The average Bonchev–Trinajstić information content (AvgIpc) is 3.49. The molecule has 0 aliphatic rings. The van der Waals surface area contributed by atoms with Crippen LogP contribution in [-0.2, 0) is 28.6 Å². The van der Waals surface area contributed by atoms with Crippen molar-refractivity contribution in [3.05, 3.63) is 24.3 Å². The van der Waals surface area contributed by atoms with Crippen molar-refractivity contribution in [2.45, 2.75) is 438 Å². The molecule has 0 amide bonds. The molecule has 6 heteroatoms. The van der Waals surface area contributed by atoms with Gasteiger partial charge in [0, 0.05) is 19.3 Å². The molecule has 0 heterocycles. The van der Waals surface area contributed by atoms with E-state index in [0.29, 0.717) is 19.3 Å². The van der Waals surface area contributed by atoms with Crippen LogP contribution in [0.2, 0.25) is 0 Å². The van der Waals surface area contributed by atoms with Crippen LogP contribution < -0.4 is 0 Å². The van der Waals surface area contributed by atoms with Gasteiger partial charge in [-0.2, -0.15) is 0 Å². The molecule has 0 N–H and O–H groups in total. The van der Waals surface area contributed by atoms with Crippen LogP contribution in [0.1, 0.15) is 432 Å². The van der Waals surface area contributed by atoms with Crippen LogP contribution in [0.5, 0.6) is 0 Å². The molecular weight excluding hydrogens is 1020 g/mol. The molecule has 490 valence electrons. The third-order valence-electron chi connectivity index (χ3n) is 17.4. The molecule has 83 heavy (non-hydrogen) atoms. The monoisotopic (exact) mass is 1170 g/mol. The van der Waals surface area contributed by atoms with Gasteiger partial charge in [0.1, 0.15) is 13.2 Å². The molecule has 0 aromatic rings. The maximum absolute atomic E-state index is 12.9. The van der Waals surface area contributed by atoms with Gasteiger partial charge in [0.15, 0.2) is 6.10 Å². The molecule has 0 saturated heterocycles. The maximum Gasteiger partial charge on any atom is 0.306 e. The lowest BCUT2D eigenvalue weighted by Crippen LogP contribution is -2.30. The van der Waals surface area contributed by atoms with E-state index in [0.717, 1.165) is 70.6 Å². The van der Waals surface area contributed by atoms with E-state index in [1.54, 1.807) is 0 Å². The number of hydrogen-bond acceptors (Lipinski definition) is 6. The predicted molar refractivity (Wildman–Crippen MR) is 363 cm³/mol. The molecule has 1 atom stereocenters. The predicted octanol–water partition coefficient (Wildman–Crippen LogP) is 26.1. The van der Waals surface area contributed by atoms with Gasteiger partial charge >= 0.3 is 17.9 Å². The summed E-state index contributed by atoms with van der Waals surface area (Å²) >= 11 is 0. The lowest BCUT2D eigenvalue weighted by molar-refractivity contribution is -0.167. The molecule has 0 aromatic heterocycles. The molecule has 0 aromatic carbocycles. The lowest BCUT2D eigenvalue weighted by atomic mass is 10.0. The lowest BCUT2D eigenvalue weighted by Gasteiger charge is -2.18. The number of hydrogen-bond donors (Lipinski definition) is 0. The topological polar surface area (TPSA) is 78.9 Å². The minimum Gasteiger partial charge on any atom is -0.462 e. The Bertz CT molecular complexity index is 1340. The van der Waals surface area contributed by atoms with Crippen LogP contribution in [-0.4, -0.2) is 37.2 Å². The first kappa shape index (κ1) is 80.9. The standard InChI is InChI=1S/C77H146O6/c1-4-7-10-13-16-19-22-25-28-30-31-32-33-34-35-36-37-38-39-40-41-42-43-44-45-46-47-48-50-52-55-58-61-64-67-70-76(79)82-73-74(72-81-75(78)69-66-63-60-57-54-51-27-24-21-18-15-12-9-6-3)83-77(80)71-68-65-62-59-56-53-49-29-26-23-20-17-14-11-8-5-2/h24,27,29,49,74H,4-23,25-26,28,30-48,50-73H2,1-3H3/b27-24-,49-29-. The van der Waals surface area contributed by atoms with Crippen molar-refractivity contribution in [3.63, 3.8) is 0 Å². The maximum atomic E-state index is 12.9. The van der Waals surface area contributed by atoms with Gasteiger partial charge in [-0.3, -0.25) is 14.4 Å². The molecule has 0 aliphatic carbocycles. The van der Waals surface area contributed by atoms with E-state index >= 15 is 0 Å². The molecular formula is C77H146O6. The molecule has 0 spiro atoms. The van der Waals surface area contributed by atoms with Gasteiger partial charge < -0.3 is 14.2 Å². The van der Waals surface area contributed by atoms with Crippen LogP contribution >= 0.6 is 0 Å². The molecule has 0 radical (unpaired) electrons. The fourth-order valence-electron chi connectivity index (χ4n) is 11.7. The van der Waals surface area contributed by atoms with E-state index in [-0.39, 0.29) is 31.1 Å². The molecule has 1 unspecified atom stereocenters. The van der Waals surface area contributed by atoms with Crippen molar-refractivity contribution in [3.8, 4) is 0 Å². The Kier molecular flexibility index (Phi) is 70.5. The highest BCUT2D eigenvalue weighted by atomic mass is 16.6. The van der Waals surface area contributed by atoms with Gasteiger partial charge in [-0.05, 0) is 70.6 Å². The third kappa shape index (κ3) is 70.5. The fraction of sp³-hybridized carbons (Fsp3) is 0.909. The molecule has 0 fully saturated rings. The second kappa shape index (κ2) is 72.4. The van der Waals surface area contributed by atoms with Gasteiger partial charge in [-0.1, -0.05) is 366 Å². The van der Waals surface area contributed by atoms with Gasteiger partial charge in [0.05, 0.1) is 0 Å². The number of unbranched alkanes of at least 4 members (excludes halogenated alkanes) is 56. The van der Waals surface area contributed by atoms with Crippen molar-refractivity contribution >= 4 is 17.9 Å². The van der Waals surface area contributed by atoms with Crippen molar-refractivity contribution < 1.29 is 28.6 Å². The van der Waals surface area contributed by atoms with E-state index in [1.807, 2.05) is 0 Å². The van der Waals surface area contributed by atoms with E-state index < -0.39 is 6.10 Å². The number of carbonyl (C=O) groups is 3. The number of rotatable bonds is 71. The zero-order chi connectivity index (χ0) is 59.9. The Labute approximate surface area is 519 Å². The number of ether oxygens (including phenoxy) is 3. The van der Waals surface area contributed by atoms with E-state index in [9.17, 15) is 14.4 Å². The average molecular weight is 1170 g/mol. The third-order valence-corrected chi connectivity index (χ3v) is 17.4. The van der Waals surface area contributed by atoms with Crippen LogP contribution in [0.4, 0.5) is 0 Å². The first-order valence-corrected chi connectivity index (χ1v) is 37.8. The molecule has 0 aliphatic heterocycles. The zero-order valence-corrected chi connectivity index (χ0v) is 56.5. The van der Waals surface area contributed by atoms with Gasteiger partial charge in [0.2, 0.25) is 0 Å². The zero-order valence-electron chi connectivity index (χ0n) is 56.5. The van der Waals surface area contributed by atoms with E-state index in [2.05, 4.69) is 45.1 Å². The van der Waals surface area contributed by atoms with Crippen LogP contribution in [0.25, 0.3) is 0 Å². The Morgan fingerprint density at radius 1 is 0.229 bits per heavy atom. The Hall–Kier alpha value is -2.11. The first-order chi connectivity index (χ1) is 41.0. The highest BCUT2D eigenvalue weighted by molar-refractivity contribution is 5.71. The van der Waals surface area contributed by atoms with Gasteiger partial charge in [-0.15, -0.1) is 0 Å². The number of esters is 3. The van der Waals surface area contributed by atoms with Crippen LogP contribution in [0.15, 0.2) is 24.3 Å².